The molecular formula is C14H7F3N4O4S. The number of non-ortho nitro benzene ring substituents is 1. The number of aromatic nitrogens is 3. The molecule has 0 bridgehead atoms. The Bertz CT molecular complexity index is 995. The van der Waals surface area contributed by atoms with Gasteiger partial charge in [-0.1, -0.05) is 0 Å². The van der Waals surface area contributed by atoms with Gasteiger partial charge in [-0.3, -0.25) is 15.2 Å². The highest BCUT2D eigenvalue weighted by atomic mass is 32.1. The quantitative estimate of drug-likeness (QED) is 0.521. The summed E-state index contributed by atoms with van der Waals surface area (Å²) >= 11 is 0.905. The Morgan fingerprint density at radius 2 is 1.92 bits per heavy atom. The van der Waals surface area contributed by atoms with Gasteiger partial charge in [0.05, 0.1) is 10.6 Å². The summed E-state index contributed by atoms with van der Waals surface area (Å²) in [6.45, 7) is 0. The molecule has 0 fully saturated rings. The normalized spacial score (nSPS) is 11.5. The van der Waals surface area contributed by atoms with E-state index in [1.54, 1.807) is 5.10 Å². The number of aromatic carboxylic acids is 1. The van der Waals surface area contributed by atoms with E-state index < -0.39 is 34.0 Å². The Hall–Kier alpha value is -3.28. The number of nitrogens with one attached hydrogen (secondary N) is 1. The second kappa shape index (κ2) is 6.22. The van der Waals surface area contributed by atoms with E-state index in [9.17, 15) is 28.1 Å². The van der Waals surface area contributed by atoms with E-state index in [0.29, 0.717) is 11.3 Å². The average Bonchev–Trinajstić information content (AvgIpc) is 3.21. The zero-order chi connectivity index (χ0) is 19.1. The topological polar surface area (TPSA) is 122 Å². The fraction of sp³-hybridized carbons (Fsp3) is 0.0714. The summed E-state index contributed by atoms with van der Waals surface area (Å²) in [5.74, 6) is -1.78. The molecule has 1 aromatic carbocycles. The van der Waals surface area contributed by atoms with Crippen molar-refractivity contribution >= 4 is 23.0 Å². The average molecular weight is 384 g/mol. The minimum atomic E-state index is -4.91. The summed E-state index contributed by atoms with van der Waals surface area (Å²) in [6, 6.07) is 5.38. The number of hydrogen-bond acceptors (Lipinski definition) is 6. The number of hydrogen-bond donors (Lipinski definition) is 2. The summed E-state index contributed by atoms with van der Waals surface area (Å²) < 4.78 is 38.7. The number of aromatic amines is 1. The molecule has 0 spiro atoms. The summed E-state index contributed by atoms with van der Waals surface area (Å²) in [4.78, 5) is 25.4. The van der Waals surface area contributed by atoms with Crippen molar-refractivity contribution in [3.8, 4) is 22.0 Å². The third kappa shape index (κ3) is 3.13. The molecule has 0 radical (unpaired) electrons. The second-order valence-corrected chi connectivity index (χ2v) is 5.83. The lowest BCUT2D eigenvalue weighted by Gasteiger charge is -2.04. The minimum absolute atomic E-state index is 0.0255. The maximum atomic E-state index is 12.9. The van der Waals surface area contributed by atoms with Gasteiger partial charge in [-0.2, -0.15) is 18.3 Å². The molecule has 134 valence electrons. The Balaban J connectivity index is 2.02. The molecule has 8 nitrogen and oxygen atoms in total. The van der Waals surface area contributed by atoms with Gasteiger partial charge < -0.3 is 5.11 Å². The first kappa shape index (κ1) is 17.5. The first-order valence-electron chi connectivity index (χ1n) is 6.78. The molecule has 0 amide bonds. The van der Waals surface area contributed by atoms with E-state index in [2.05, 4.69) is 10.1 Å². The van der Waals surface area contributed by atoms with Crippen molar-refractivity contribution in [2.75, 3.05) is 0 Å². The SMILES string of the molecule is O=C(O)c1c(-c2nc(-c3ccc([N+](=O)[O-])cc3)cs2)n[nH]c1C(F)(F)F. The van der Waals surface area contributed by atoms with Crippen LogP contribution in [0.15, 0.2) is 29.6 Å². The lowest BCUT2D eigenvalue weighted by Crippen LogP contribution is -2.12. The molecule has 26 heavy (non-hydrogen) atoms. The maximum Gasteiger partial charge on any atom is 0.433 e. The van der Waals surface area contributed by atoms with E-state index in [-0.39, 0.29) is 10.7 Å². The first-order valence-corrected chi connectivity index (χ1v) is 7.66. The van der Waals surface area contributed by atoms with Gasteiger partial charge in [0.25, 0.3) is 5.69 Å². The number of halogens is 3. The van der Waals surface area contributed by atoms with Crippen LogP contribution in [0.3, 0.4) is 0 Å². The number of thiazole rings is 1. The molecular weight excluding hydrogens is 377 g/mol. The lowest BCUT2D eigenvalue weighted by atomic mass is 10.1. The van der Waals surface area contributed by atoms with Gasteiger partial charge in [0.2, 0.25) is 0 Å². The van der Waals surface area contributed by atoms with Crippen molar-refractivity contribution in [3.63, 3.8) is 0 Å². The van der Waals surface area contributed by atoms with E-state index in [1.165, 1.54) is 29.6 Å². The predicted molar refractivity (Wildman–Crippen MR) is 83.7 cm³/mol. The molecule has 0 aliphatic heterocycles. The second-order valence-electron chi connectivity index (χ2n) is 4.97. The van der Waals surface area contributed by atoms with Crippen LogP contribution in [0.1, 0.15) is 16.1 Å². The molecule has 3 rings (SSSR count). The molecule has 0 atom stereocenters. The number of H-pyrrole nitrogens is 1. The summed E-state index contributed by atoms with van der Waals surface area (Å²) in [5.41, 5.74) is -2.22. The molecule has 3 aromatic rings. The van der Waals surface area contributed by atoms with Crippen molar-refractivity contribution in [1.29, 1.82) is 0 Å². The lowest BCUT2D eigenvalue weighted by molar-refractivity contribution is -0.384. The van der Waals surface area contributed by atoms with Gasteiger partial charge in [-0.25, -0.2) is 9.78 Å². The van der Waals surface area contributed by atoms with Crippen LogP contribution in [0.25, 0.3) is 22.0 Å². The van der Waals surface area contributed by atoms with E-state index in [1.807, 2.05) is 0 Å². The van der Waals surface area contributed by atoms with Gasteiger partial charge in [0.15, 0.2) is 5.69 Å². The molecule has 0 saturated heterocycles. The Labute approximate surface area is 146 Å². The third-order valence-electron chi connectivity index (χ3n) is 3.34. The van der Waals surface area contributed by atoms with Crippen LogP contribution in [0.5, 0.6) is 0 Å². The summed E-state index contributed by atoms with van der Waals surface area (Å²) in [6.07, 6.45) is -4.91. The van der Waals surface area contributed by atoms with Crippen LogP contribution >= 0.6 is 11.3 Å². The number of rotatable bonds is 4. The zero-order valence-electron chi connectivity index (χ0n) is 12.4. The van der Waals surface area contributed by atoms with E-state index in [4.69, 9.17) is 5.11 Å². The number of alkyl halides is 3. The maximum absolute atomic E-state index is 12.9. The molecule has 0 unspecified atom stereocenters. The van der Waals surface area contributed by atoms with E-state index in [0.717, 1.165) is 11.3 Å². The van der Waals surface area contributed by atoms with Crippen molar-refractivity contribution in [3.05, 3.63) is 51.0 Å². The van der Waals surface area contributed by atoms with Gasteiger partial charge >= 0.3 is 12.1 Å². The Morgan fingerprint density at radius 3 is 2.46 bits per heavy atom. The minimum Gasteiger partial charge on any atom is -0.478 e. The Kier molecular flexibility index (Phi) is 4.20. The molecule has 2 heterocycles. The van der Waals surface area contributed by atoms with Crippen molar-refractivity contribution in [2.45, 2.75) is 6.18 Å². The molecule has 12 heteroatoms. The standard InChI is InChI=1S/C14H7F3N4O4S/c15-14(16,17)11-9(13(22)23)10(19-20-11)12-18-8(5-26-12)6-1-3-7(4-2-6)21(24)25/h1-5H,(H,19,20)(H,22,23). The molecule has 0 saturated carbocycles. The molecule has 0 aliphatic rings. The van der Waals surface area contributed by atoms with Crippen LogP contribution in [0, 0.1) is 10.1 Å². The van der Waals surface area contributed by atoms with E-state index >= 15 is 0 Å². The van der Waals surface area contributed by atoms with Gasteiger partial charge in [0.1, 0.15) is 16.3 Å². The molecule has 2 aromatic heterocycles. The van der Waals surface area contributed by atoms with Crippen LogP contribution < -0.4 is 0 Å². The van der Waals surface area contributed by atoms with Crippen molar-refractivity contribution < 1.29 is 28.0 Å². The van der Waals surface area contributed by atoms with Crippen LogP contribution in [-0.2, 0) is 6.18 Å². The number of carbonyl (C=O) groups is 1. The van der Waals surface area contributed by atoms with Gasteiger partial charge in [0, 0.05) is 23.1 Å². The monoisotopic (exact) mass is 384 g/mol. The third-order valence-corrected chi connectivity index (χ3v) is 4.19. The number of carboxylic acid groups (broad SMARTS) is 1. The largest absolute Gasteiger partial charge is 0.478 e. The Morgan fingerprint density at radius 1 is 1.27 bits per heavy atom. The zero-order valence-corrected chi connectivity index (χ0v) is 13.3. The highest BCUT2D eigenvalue weighted by Crippen LogP contribution is 2.37. The number of nitrogens with zero attached hydrogens (tertiary/aromatic N) is 3. The predicted octanol–water partition coefficient (Wildman–Crippen LogP) is 3.83. The van der Waals surface area contributed by atoms with Gasteiger partial charge in [-0.05, 0) is 12.1 Å². The van der Waals surface area contributed by atoms with Crippen molar-refractivity contribution in [1.82, 2.24) is 15.2 Å². The molecule has 2 N–H and O–H groups in total. The number of carboxylic acids is 1. The van der Waals surface area contributed by atoms with Crippen LogP contribution in [0.4, 0.5) is 18.9 Å². The van der Waals surface area contributed by atoms with Crippen LogP contribution in [-0.4, -0.2) is 31.2 Å². The fourth-order valence-corrected chi connectivity index (χ4v) is 3.00. The molecule has 0 aliphatic carbocycles. The van der Waals surface area contributed by atoms with Crippen LogP contribution in [0.2, 0.25) is 0 Å². The van der Waals surface area contributed by atoms with Gasteiger partial charge in [-0.15, -0.1) is 11.3 Å². The first-order chi connectivity index (χ1) is 12.2. The van der Waals surface area contributed by atoms with Crippen molar-refractivity contribution in [2.24, 2.45) is 0 Å². The fourth-order valence-electron chi connectivity index (χ4n) is 2.18. The number of nitro benzene ring substituents is 1. The number of benzene rings is 1. The smallest absolute Gasteiger partial charge is 0.433 e. The summed E-state index contributed by atoms with van der Waals surface area (Å²) in [5, 5.41) is 26.4. The number of nitro groups is 1. The summed E-state index contributed by atoms with van der Waals surface area (Å²) in [7, 11) is 0. The highest BCUT2D eigenvalue weighted by Gasteiger charge is 2.40. The highest BCUT2D eigenvalue weighted by molar-refractivity contribution is 7.13.